The molecule has 9 heteroatoms. The predicted octanol–water partition coefficient (Wildman–Crippen LogP) is 2.78. The minimum Gasteiger partial charge on any atom is -0.497 e. The van der Waals surface area contributed by atoms with E-state index in [0.717, 1.165) is 68.5 Å². The molecule has 0 N–H and O–H groups in total. The zero-order valence-electron chi connectivity index (χ0n) is 19.8. The molecule has 2 atom stereocenters. The number of anilines is 1. The summed E-state index contributed by atoms with van der Waals surface area (Å²) in [6.07, 6.45) is 2.26. The number of methoxy groups -OCH3 is 2. The monoisotopic (exact) mass is 464 g/mol. The van der Waals surface area contributed by atoms with E-state index >= 15 is 0 Å². The summed E-state index contributed by atoms with van der Waals surface area (Å²) >= 11 is 0. The third-order valence-electron chi connectivity index (χ3n) is 6.74. The molecule has 2 unspecified atom stereocenters. The highest BCUT2D eigenvalue weighted by Crippen LogP contribution is 2.37. The second-order valence-electron chi connectivity index (χ2n) is 8.72. The van der Waals surface area contributed by atoms with E-state index in [1.807, 2.05) is 16.8 Å². The van der Waals surface area contributed by atoms with Crippen LogP contribution in [0.3, 0.4) is 0 Å². The molecule has 9 nitrogen and oxygen atoms in total. The molecule has 2 aliphatic rings. The molecule has 0 aliphatic carbocycles. The lowest BCUT2D eigenvalue weighted by molar-refractivity contribution is 0.0906. The Kier molecular flexibility index (Phi) is 6.92. The number of tetrazole rings is 1. The zero-order valence-corrected chi connectivity index (χ0v) is 19.8. The van der Waals surface area contributed by atoms with Gasteiger partial charge in [0, 0.05) is 50.1 Å². The van der Waals surface area contributed by atoms with Crippen LogP contribution in [0.5, 0.6) is 11.5 Å². The molecule has 3 heterocycles. The highest BCUT2D eigenvalue weighted by molar-refractivity contribution is 5.47. The second-order valence-corrected chi connectivity index (χ2v) is 8.72. The summed E-state index contributed by atoms with van der Waals surface area (Å²) in [5.41, 5.74) is 2.28. The Morgan fingerprint density at radius 2 is 1.85 bits per heavy atom. The van der Waals surface area contributed by atoms with Crippen molar-refractivity contribution in [2.24, 2.45) is 0 Å². The first-order valence-electron chi connectivity index (χ1n) is 11.9. The molecule has 2 aromatic carbocycles. The molecule has 180 valence electrons. The molecule has 3 aromatic rings. The maximum absolute atomic E-state index is 5.87. The van der Waals surface area contributed by atoms with Crippen LogP contribution in [-0.4, -0.2) is 78.2 Å². The van der Waals surface area contributed by atoms with E-state index in [4.69, 9.17) is 14.2 Å². The van der Waals surface area contributed by atoms with Crippen LogP contribution in [0.25, 0.3) is 0 Å². The summed E-state index contributed by atoms with van der Waals surface area (Å²) in [7, 11) is 3.36. The number of nitrogens with zero attached hydrogens (tertiary/aromatic N) is 6. The fraction of sp³-hybridized carbons (Fsp3) is 0.480. The van der Waals surface area contributed by atoms with Crippen molar-refractivity contribution in [1.29, 1.82) is 0 Å². The maximum atomic E-state index is 5.87. The van der Waals surface area contributed by atoms with Crippen LogP contribution in [0.4, 0.5) is 5.69 Å². The first kappa shape index (κ1) is 22.6. The molecule has 5 rings (SSSR count). The molecule has 2 fully saturated rings. The Balaban J connectivity index is 1.46. The molecule has 0 saturated carbocycles. The molecular weight excluding hydrogens is 432 g/mol. The van der Waals surface area contributed by atoms with Gasteiger partial charge in [0.05, 0.1) is 26.9 Å². The Bertz CT molecular complexity index is 1060. The average molecular weight is 465 g/mol. The van der Waals surface area contributed by atoms with Crippen LogP contribution in [0.1, 0.15) is 30.3 Å². The zero-order chi connectivity index (χ0) is 23.3. The molecular formula is C25H32N6O3. The van der Waals surface area contributed by atoms with Gasteiger partial charge in [-0.15, -0.1) is 5.10 Å². The van der Waals surface area contributed by atoms with Crippen LogP contribution in [0, 0.1) is 0 Å². The van der Waals surface area contributed by atoms with Crippen molar-refractivity contribution in [2.75, 3.05) is 51.9 Å². The standard InChI is InChI=1S/C25H32N6O3/c1-32-20-10-11-22(23(17-20)33-2)24(25-26-27-28-31(25)18-21-9-6-16-34-21)30-14-12-29(13-15-30)19-7-4-3-5-8-19/h3-5,7-8,10-11,17,21,24H,6,9,12-16,18H2,1-2H3. The number of rotatable bonds is 8. The quantitative estimate of drug-likeness (QED) is 0.504. The Morgan fingerprint density at radius 1 is 1.03 bits per heavy atom. The second kappa shape index (κ2) is 10.4. The van der Waals surface area contributed by atoms with E-state index in [1.54, 1.807) is 14.2 Å². The van der Waals surface area contributed by atoms with E-state index in [1.165, 1.54) is 5.69 Å². The van der Waals surface area contributed by atoms with E-state index in [2.05, 4.69) is 61.7 Å². The summed E-state index contributed by atoms with van der Waals surface area (Å²) in [6.45, 7) is 5.06. The van der Waals surface area contributed by atoms with Gasteiger partial charge < -0.3 is 19.1 Å². The first-order chi connectivity index (χ1) is 16.8. The molecule has 0 radical (unpaired) electrons. The fourth-order valence-electron chi connectivity index (χ4n) is 4.94. The molecule has 1 aromatic heterocycles. The van der Waals surface area contributed by atoms with Gasteiger partial charge in [0.1, 0.15) is 17.5 Å². The van der Waals surface area contributed by atoms with Crippen LogP contribution >= 0.6 is 0 Å². The van der Waals surface area contributed by atoms with Gasteiger partial charge in [0.25, 0.3) is 0 Å². The van der Waals surface area contributed by atoms with Crippen molar-refractivity contribution in [3.05, 3.63) is 59.9 Å². The number of aromatic nitrogens is 4. The number of para-hydroxylation sites is 1. The minimum atomic E-state index is -0.143. The van der Waals surface area contributed by atoms with E-state index < -0.39 is 0 Å². The van der Waals surface area contributed by atoms with Crippen molar-refractivity contribution in [3.8, 4) is 11.5 Å². The number of hydrogen-bond acceptors (Lipinski definition) is 8. The van der Waals surface area contributed by atoms with Gasteiger partial charge in [-0.3, -0.25) is 4.90 Å². The normalized spacial score (nSPS) is 19.8. The van der Waals surface area contributed by atoms with Gasteiger partial charge in [-0.2, -0.15) is 0 Å². The Hall–Kier alpha value is -3.17. The highest BCUT2D eigenvalue weighted by Gasteiger charge is 2.33. The van der Waals surface area contributed by atoms with Crippen LogP contribution in [-0.2, 0) is 11.3 Å². The molecule has 2 aliphatic heterocycles. The van der Waals surface area contributed by atoms with Crippen LogP contribution < -0.4 is 14.4 Å². The van der Waals surface area contributed by atoms with Gasteiger partial charge in [-0.05, 0) is 47.5 Å². The topological polar surface area (TPSA) is 77.8 Å². The Morgan fingerprint density at radius 3 is 2.56 bits per heavy atom. The number of ether oxygens (including phenoxy) is 3. The van der Waals surface area contributed by atoms with Gasteiger partial charge in [0.2, 0.25) is 0 Å². The summed E-state index contributed by atoms with van der Waals surface area (Å²) in [4.78, 5) is 4.87. The molecule has 2 saturated heterocycles. The number of piperazine rings is 1. The Labute approximate surface area is 200 Å². The summed E-state index contributed by atoms with van der Waals surface area (Å²) < 4.78 is 19.0. The van der Waals surface area contributed by atoms with Crippen molar-refractivity contribution in [2.45, 2.75) is 31.5 Å². The molecule has 0 spiro atoms. The van der Waals surface area contributed by atoms with Crippen LogP contribution in [0.2, 0.25) is 0 Å². The molecule has 0 bridgehead atoms. The van der Waals surface area contributed by atoms with Gasteiger partial charge in [-0.25, -0.2) is 4.68 Å². The van der Waals surface area contributed by atoms with Crippen molar-refractivity contribution >= 4 is 5.69 Å². The SMILES string of the molecule is COc1ccc(C(c2nnnn2CC2CCCO2)N2CCN(c3ccccc3)CC2)c(OC)c1. The van der Waals surface area contributed by atoms with E-state index in [9.17, 15) is 0 Å². The smallest absolute Gasteiger partial charge is 0.173 e. The largest absolute Gasteiger partial charge is 0.497 e. The van der Waals surface area contributed by atoms with Crippen molar-refractivity contribution in [1.82, 2.24) is 25.1 Å². The van der Waals surface area contributed by atoms with E-state index in [-0.39, 0.29) is 12.1 Å². The highest BCUT2D eigenvalue weighted by atomic mass is 16.5. The predicted molar refractivity (Wildman–Crippen MR) is 128 cm³/mol. The lowest BCUT2D eigenvalue weighted by Gasteiger charge is -2.40. The third kappa shape index (κ3) is 4.71. The van der Waals surface area contributed by atoms with Crippen LogP contribution in [0.15, 0.2) is 48.5 Å². The summed E-state index contributed by atoms with van der Waals surface area (Å²) in [5.74, 6) is 2.33. The van der Waals surface area contributed by atoms with Gasteiger partial charge in [-0.1, -0.05) is 18.2 Å². The number of hydrogen-bond donors (Lipinski definition) is 0. The lowest BCUT2D eigenvalue weighted by atomic mass is 10.0. The van der Waals surface area contributed by atoms with Gasteiger partial charge >= 0.3 is 0 Å². The van der Waals surface area contributed by atoms with Crippen molar-refractivity contribution in [3.63, 3.8) is 0 Å². The average Bonchev–Trinajstić information content (AvgIpc) is 3.58. The third-order valence-corrected chi connectivity index (χ3v) is 6.74. The summed E-state index contributed by atoms with van der Waals surface area (Å²) in [6, 6.07) is 16.4. The molecule has 0 amide bonds. The fourth-order valence-corrected chi connectivity index (χ4v) is 4.94. The lowest BCUT2D eigenvalue weighted by Crippen LogP contribution is -2.48. The first-order valence-corrected chi connectivity index (χ1v) is 11.9. The van der Waals surface area contributed by atoms with Crippen molar-refractivity contribution < 1.29 is 14.2 Å². The van der Waals surface area contributed by atoms with E-state index in [0.29, 0.717) is 6.54 Å². The molecule has 34 heavy (non-hydrogen) atoms. The maximum Gasteiger partial charge on any atom is 0.173 e. The summed E-state index contributed by atoms with van der Waals surface area (Å²) in [5, 5.41) is 12.9. The number of benzene rings is 2. The minimum absolute atomic E-state index is 0.143. The van der Waals surface area contributed by atoms with Gasteiger partial charge in [0.15, 0.2) is 5.82 Å².